The molecule has 116 valence electrons. The highest BCUT2D eigenvalue weighted by Gasteiger charge is 2.22. The predicted octanol–water partition coefficient (Wildman–Crippen LogP) is 1.90. The Labute approximate surface area is 132 Å². The van der Waals surface area contributed by atoms with Crippen LogP contribution in [0.1, 0.15) is 0 Å². The van der Waals surface area contributed by atoms with Gasteiger partial charge in [0.05, 0.1) is 12.1 Å². The summed E-state index contributed by atoms with van der Waals surface area (Å²) in [4.78, 5) is 24.3. The molecule has 1 N–H and O–H groups in total. The summed E-state index contributed by atoms with van der Waals surface area (Å²) in [5.41, 5.74) is 0. The molecule has 2 amide bonds. The lowest BCUT2D eigenvalue weighted by molar-refractivity contribution is 0.208. The first kappa shape index (κ1) is 14.6. The van der Waals surface area contributed by atoms with Crippen LogP contribution in [0.25, 0.3) is 0 Å². The number of amides is 2. The summed E-state index contributed by atoms with van der Waals surface area (Å²) >= 11 is 1.72. The molecule has 0 aliphatic carbocycles. The number of piperazine rings is 1. The zero-order chi connectivity index (χ0) is 15.4. The molecule has 0 bridgehead atoms. The molecule has 1 aliphatic rings. The maximum atomic E-state index is 12.3. The molecule has 7 nitrogen and oxygen atoms in total. The van der Waals surface area contributed by atoms with Crippen molar-refractivity contribution in [3.05, 3.63) is 29.9 Å². The normalized spacial score (nSPS) is 14.8. The fraction of sp³-hybridized carbons (Fsp3) is 0.357. The fourth-order valence-corrected chi connectivity index (χ4v) is 3.07. The Morgan fingerprint density at radius 3 is 2.82 bits per heavy atom. The van der Waals surface area contributed by atoms with Gasteiger partial charge in [0, 0.05) is 32.2 Å². The summed E-state index contributed by atoms with van der Waals surface area (Å²) in [6.45, 7) is 3.04. The van der Waals surface area contributed by atoms with E-state index in [9.17, 15) is 4.79 Å². The van der Waals surface area contributed by atoms with Crippen molar-refractivity contribution in [2.75, 3.05) is 43.5 Å². The van der Waals surface area contributed by atoms with E-state index >= 15 is 0 Å². The van der Waals surface area contributed by atoms with Gasteiger partial charge in [0.1, 0.15) is 12.1 Å². The van der Waals surface area contributed by atoms with Gasteiger partial charge < -0.3 is 14.5 Å². The van der Waals surface area contributed by atoms with E-state index in [1.165, 1.54) is 18.4 Å². The van der Waals surface area contributed by atoms with Crippen LogP contribution in [-0.2, 0) is 0 Å². The molecular formula is C14H17N5O2S. The minimum Gasteiger partial charge on any atom is -0.481 e. The van der Waals surface area contributed by atoms with Crippen LogP contribution in [0.4, 0.5) is 15.6 Å². The number of anilines is 2. The van der Waals surface area contributed by atoms with E-state index in [2.05, 4.69) is 31.6 Å². The van der Waals surface area contributed by atoms with Gasteiger partial charge in [0.2, 0.25) is 5.88 Å². The number of nitrogens with zero attached hydrogens (tertiary/aromatic N) is 4. The van der Waals surface area contributed by atoms with Gasteiger partial charge in [0.25, 0.3) is 0 Å². The Kier molecular flexibility index (Phi) is 4.38. The zero-order valence-corrected chi connectivity index (χ0v) is 13.0. The van der Waals surface area contributed by atoms with E-state index in [1.807, 2.05) is 6.07 Å². The minimum atomic E-state index is -0.147. The number of methoxy groups -OCH3 is 1. The third-order valence-electron chi connectivity index (χ3n) is 3.47. The molecule has 1 aliphatic heterocycles. The van der Waals surface area contributed by atoms with E-state index < -0.39 is 0 Å². The molecule has 0 aromatic carbocycles. The average molecular weight is 319 g/mol. The summed E-state index contributed by atoms with van der Waals surface area (Å²) in [5.74, 6) is 0.866. The third-order valence-corrected chi connectivity index (χ3v) is 4.40. The van der Waals surface area contributed by atoms with Crippen molar-refractivity contribution in [1.82, 2.24) is 14.9 Å². The monoisotopic (exact) mass is 319 g/mol. The largest absolute Gasteiger partial charge is 0.481 e. The highest BCUT2D eigenvalue weighted by molar-refractivity contribution is 7.14. The van der Waals surface area contributed by atoms with Gasteiger partial charge in [-0.15, -0.1) is 11.3 Å². The highest BCUT2D eigenvalue weighted by Crippen LogP contribution is 2.22. The molecule has 1 saturated heterocycles. The Morgan fingerprint density at radius 1 is 1.32 bits per heavy atom. The van der Waals surface area contributed by atoms with Crippen LogP contribution in [0.5, 0.6) is 5.88 Å². The van der Waals surface area contributed by atoms with Crippen molar-refractivity contribution < 1.29 is 9.53 Å². The van der Waals surface area contributed by atoms with Crippen LogP contribution in [0.2, 0.25) is 0 Å². The Bertz CT molecular complexity index is 626. The van der Waals surface area contributed by atoms with Crippen LogP contribution < -0.4 is 15.0 Å². The molecule has 1 fully saturated rings. The van der Waals surface area contributed by atoms with Crippen LogP contribution in [0, 0.1) is 0 Å². The molecule has 8 heteroatoms. The van der Waals surface area contributed by atoms with Crippen molar-refractivity contribution in [3.63, 3.8) is 0 Å². The molecule has 2 aromatic rings. The van der Waals surface area contributed by atoms with Crippen molar-refractivity contribution >= 4 is 28.2 Å². The van der Waals surface area contributed by atoms with Gasteiger partial charge in [-0.05, 0) is 17.5 Å². The van der Waals surface area contributed by atoms with E-state index in [0.717, 1.165) is 13.1 Å². The number of carbonyl (C=O) groups excluding carboxylic acids is 1. The minimum absolute atomic E-state index is 0.147. The van der Waals surface area contributed by atoms with Gasteiger partial charge in [-0.25, -0.2) is 14.8 Å². The van der Waals surface area contributed by atoms with E-state index in [4.69, 9.17) is 4.74 Å². The highest BCUT2D eigenvalue weighted by atomic mass is 32.1. The summed E-state index contributed by atoms with van der Waals surface area (Å²) in [6, 6.07) is 5.60. The van der Waals surface area contributed by atoms with Crippen LogP contribution >= 0.6 is 11.3 Å². The topological polar surface area (TPSA) is 70.6 Å². The van der Waals surface area contributed by atoms with Crippen molar-refractivity contribution in [2.45, 2.75) is 0 Å². The van der Waals surface area contributed by atoms with E-state index in [1.54, 1.807) is 22.3 Å². The average Bonchev–Trinajstić information content (AvgIpc) is 3.09. The Hall–Kier alpha value is -2.35. The maximum Gasteiger partial charge on any atom is 0.323 e. The van der Waals surface area contributed by atoms with Gasteiger partial charge >= 0.3 is 6.03 Å². The molecule has 2 aromatic heterocycles. The predicted molar refractivity (Wildman–Crippen MR) is 85.7 cm³/mol. The van der Waals surface area contributed by atoms with E-state index in [0.29, 0.717) is 24.8 Å². The Morgan fingerprint density at radius 2 is 2.14 bits per heavy atom. The molecule has 3 rings (SSSR count). The summed E-state index contributed by atoms with van der Waals surface area (Å²) in [7, 11) is 1.53. The van der Waals surface area contributed by atoms with Gasteiger partial charge in [-0.2, -0.15) is 0 Å². The second kappa shape index (κ2) is 6.61. The molecule has 3 heterocycles. The number of rotatable bonds is 3. The van der Waals surface area contributed by atoms with Crippen molar-refractivity contribution in [3.8, 4) is 5.88 Å². The number of nitrogens with one attached hydrogen (secondary N) is 1. The summed E-state index contributed by atoms with van der Waals surface area (Å²) in [6.07, 6.45) is 1.36. The summed E-state index contributed by atoms with van der Waals surface area (Å²) in [5, 5.41) is 6.09. The third kappa shape index (κ3) is 3.28. The van der Waals surface area contributed by atoms with Gasteiger partial charge in [-0.3, -0.25) is 5.32 Å². The van der Waals surface area contributed by atoms with Crippen LogP contribution in [0.3, 0.4) is 0 Å². The smallest absolute Gasteiger partial charge is 0.323 e. The van der Waals surface area contributed by atoms with Crippen molar-refractivity contribution in [2.24, 2.45) is 0 Å². The first-order valence-electron chi connectivity index (χ1n) is 6.96. The first-order valence-corrected chi connectivity index (χ1v) is 7.84. The zero-order valence-electron chi connectivity index (χ0n) is 12.2. The molecule has 22 heavy (non-hydrogen) atoms. The SMILES string of the molecule is COc1cc(NC(=O)N2CCN(c3cccs3)CC2)ncn1. The number of ether oxygens (including phenoxy) is 1. The lowest BCUT2D eigenvalue weighted by Gasteiger charge is -2.35. The molecule has 0 saturated carbocycles. The first-order chi connectivity index (χ1) is 10.8. The number of hydrogen-bond acceptors (Lipinski definition) is 6. The van der Waals surface area contributed by atoms with Crippen LogP contribution in [0.15, 0.2) is 29.9 Å². The number of hydrogen-bond donors (Lipinski definition) is 1. The van der Waals surface area contributed by atoms with E-state index in [-0.39, 0.29) is 6.03 Å². The van der Waals surface area contributed by atoms with Gasteiger partial charge in [0.15, 0.2) is 0 Å². The fourth-order valence-electron chi connectivity index (χ4n) is 2.29. The quantitative estimate of drug-likeness (QED) is 0.935. The lowest BCUT2D eigenvalue weighted by atomic mass is 10.3. The lowest BCUT2D eigenvalue weighted by Crippen LogP contribution is -2.50. The van der Waals surface area contributed by atoms with Crippen molar-refractivity contribution in [1.29, 1.82) is 0 Å². The van der Waals surface area contributed by atoms with Crippen LogP contribution in [-0.4, -0.2) is 54.2 Å². The number of aromatic nitrogens is 2. The molecule has 0 radical (unpaired) electrons. The molecule has 0 unspecified atom stereocenters. The molecule has 0 spiro atoms. The summed E-state index contributed by atoms with van der Waals surface area (Å²) < 4.78 is 5.02. The second-order valence-corrected chi connectivity index (χ2v) is 5.73. The standard InChI is InChI=1S/C14H17N5O2S/c1-21-12-9-11(15-10-16-12)17-14(20)19-6-4-18(5-7-19)13-3-2-8-22-13/h2-3,8-10H,4-7H2,1H3,(H,15,16,17,20). The molecular weight excluding hydrogens is 302 g/mol. The van der Waals surface area contributed by atoms with Gasteiger partial charge in [-0.1, -0.05) is 0 Å². The Balaban J connectivity index is 1.55. The number of urea groups is 1. The second-order valence-electron chi connectivity index (χ2n) is 4.80. The molecule has 0 atom stereocenters. The maximum absolute atomic E-state index is 12.3. The number of carbonyl (C=O) groups is 1. The number of thiophene rings is 1.